The number of fused-ring (bicyclic) bond motifs is 1. The maximum Gasteiger partial charge on any atom is 0.266 e. The lowest BCUT2D eigenvalue weighted by molar-refractivity contribution is 0.0923. The van der Waals surface area contributed by atoms with E-state index in [1.165, 1.54) is 17.0 Å². The molecule has 1 aliphatic heterocycles. The van der Waals surface area contributed by atoms with Crippen molar-refractivity contribution in [1.82, 2.24) is 5.32 Å². The summed E-state index contributed by atoms with van der Waals surface area (Å²) in [5.41, 5.74) is 4.06. The maximum atomic E-state index is 13.0. The van der Waals surface area contributed by atoms with E-state index in [0.717, 1.165) is 16.7 Å². The van der Waals surface area contributed by atoms with Gasteiger partial charge in [-0.3, -0.25) is 14.4 Å². The number of halogens is 1. The van der Waals surface area contributed by atoms with E-state index < -0.39 is 5.91 Å². The maximum absolute atomic E-state index is 13.0. The number of anilines is 1. The molecule has 0 saturated carbocycles. The van der Waals surface area contributed by atoms with Crippen LogP contribution in [-0.4, -0.2) is 17.7 Å². The highest BCUT2D eigenvalue weighted by atomic mass is 35.5. The van der Waals surface area contributed by atoms with Crippen molar-refractivity contribution >= 4 is 35.0 Å². The Bertz CT molecular complexity index is 1200. The topological polar surface area (TPSA) is 66.5 Å². The van der Waals surface area contributed by atoms with Crippen molar-refractivity contribution in [2.75, 3.05) is 4.90 Å². The number of carbonyl (C=O) groups is 3. The minimum absolute atomic E-state index is 0.233. The van der Waals surface area contributed by atoms with Gasteiger partial charge < -0.3 is 5.32 Å². The Morgan fingerprint density at radius 2 is 1.70 bits per heavy atom. The average molecular weight is 419 g/mol. The zero-order chi connectivity index (χ0) is 21.4. The summed E-state index contributed by atoms with van der Waals surface area (Å²) in [6.45, 7) is 4.06. The fraction of sp³-hybridized carbons (Fsp3) is 0.125. The summed E-state index contributed by atoms with van der Waals surface area (Å²) in [5.74, 6) is -1.13. The van der Waals surface area contributed by atoms with E-state index >= 15 is 0 Å². The third-order valence-corrected chi connectivity index (χ3v) is 5.33. The number of aryl methyl sites for hydroxylation is 2. The number of rotatable bonds is 4. The summed E-state index contributed by atoms with van der Waals surface area (Å²) in [7, 11) is 0. The molecule has 0 radical (unpaired) electrons. The van der Waals surface area contributed by atoms with Crippen molar-refractivity contribution in [3.63, 3.8) is 0 Å². The molecule has 0 aliphatic carbocycles. The Kier molecular flexibility index (Phi) is 5.14. The zero-order valence-corrected chi connectivity index (χ0v) is 17.3. The van der Waals surface area contributed by atoms with Crippen molar-refractivity contribution in [3.8, 4) is 0 Å². The molecule has 3 amide bonds. The van der Waals surface area contributed by atoms with Crippen molar-refractivity contribution in [2.45, 2.75) is 20.4 Å². The van der Waals surface area contributed by atoms with Crippen LogP contribution in [0.15, 0.2) is 60.7 Å². The minimum Gasteiger partial charge on any atom is -0.348 e. The van der Waals surface area contributed by atoms with E-state index in [1.54, 1.807) is 18.2 Å². The molecule has 1 aliphatic rings. The van der Waals surface area contributed by atoms with E-state index in [-0.39, 0.29) is 17.4 Å². The molecule has 30 heavy (non-hydrogen) atoms. The van der Waals surface area contributed by atoms with E-state index in [4.69, 9.17) is 11.6 Å². The van der Waals surface area contributed by atoms with E-state index in [1.807, 2.05) is 44.2 Å². The molecule has 5 nitrogen and oxygen atoms in total. The lowest BCUT2D eigenvalue weighted by Gasteiger charge is -2.17. The quantitative estimate of drug-likeness (QED) is 0.625. The first-order valence-electron chi connectivity index (χ1n) is 9.48. The predicted molar refractivity (Wildman–Crippen MR) is 116 cm³/mol. The molecule has 0 atom stereocenters. The fourth-order valence-corrected chi connectivity index (χ4v) is 3.71. The van der Waals surface area contributed by atoms with Gasteiger partial charge in [0.15, 0.2) is 0 Å². The molecular formula is C24H19ClN2O3. The second kappa shape index (κ2) is 7.76. The smallest absolute Gasteiger partial charge is 0.266 e. The fourth-order valence-electron chi connectivity index (χ4n) is 3.49. The molecule has 0 fully saturated rings. The van der Waals surface area contributed by atoms with Crippen LogP contribution >= 0.6 is 11.6 Å². The van der Waals surface area contributed by atoms with Gasteiger partial charge in [0.2, 0.25) is 0 Å². The summed E-state index contributed by atoms with van der Waals surface area (Å²) >= 11 is 5.97. The minimum atomic E-state index is -0.423. The molecule has 1 N–H and O–H groups in total. The van der Waals surface area contributed by atoms with Gasteiger partial charge in [-0.05, 0) is 66.9 Å². The van der Waals surface area contributed by atoms with Crippen LogP contribution in [0.1, 0.15) is 47.8 Å². The lowest BCUT2D eigenvalue weighted by Crippen LogP contribution is -2.30. The van der Waals surface area contributed by atoms with E-state index in [9.17, 15) is 14.4 Å². The Hall–Kier alpha value is -3.44. The van der Waals surface area contributed by atoms with Crippen molar-refractivity contribution in [2.24, 2.45) is 0 Å². The van der Waals surface area contributed by atoms with E-state index in [0.29, 0.717) is 28.4 Å². The zero-order valence-electron chi connectivity index (χ0n) is 16.5. The highest BCUT2D eigenvalue weighted by molar-refractivity contribution is 6.35. The van der Waals surface area contributed by atoms with Crippen LogP contribution in [0.3, 0.4) is 0 Å². The van der Waals surface area contributed by atoms with Gasteiger partial charge in [-0.25, -0.2) is 4.90 Å². The third-order valence-electron chi connectivity index (χ3n) is 5.10. The van der Waals surface area contributed by atoms with Crippen molar-refractivity contribution in [1.29, 1.82) is 0 Å². The summed E-state index contributed by atoms with van der Waals surface area (Å²) in [6, 6.07) is 17.4. The van der Waals surface area contributed by atoms with Crippen LogP contribution in [0, 0.1) is 13.8 Å². The Balaban J connectivity index is 1.58. The lowest BCUT2D eigenvalue weighted by atomic mass is 10.1. The van der Waals surface area contributed by atoms with Gasteiger partial charge in [-0.15, -0.1) is 0 Å². The number of imide groups is 1. The van der Waals surface area contributed by atoms with Crippen LogP contribution in [0.4, 0.5) is 5.69 Å². The number of carbonyl (C=O) groups excluding carboxylic acids is 3. The largest absolute Gasteiger partial charge is 0.348 e. The van der Waals surface area contributed by atoms with Gasteiger partial charge in [-0.2, -0.15) is 0 Å². The molecular weight excluding hydrogens is 400 g/mol. The molecule has 0 saturated heterocycles. The molecule has 3 aromatic carbocycles. The number of hydrogen-bond donors (Lipinski definition) is 1. The molecule has 4 rings (SSSR count). The van der Waals surface area contributed by atoms with Crippen LogP contribution in [-0.2, 0) is 6.54 Å². The SMILES string of the molecule is Cc1ccc(C)c(N2C(=O)c3ccc(C(=O)NCc4cccc(Cl)c4)cc3C2=O)c1. The highest BCUT2D eigenvalue weighted by Gasteiger charge is 2.37. The Morgan fingerprint density at radius 3 is 2.47 bits per heavy atom. The summed E-state index contributed by atoms with van der Waals surface area (Å²) in [5, 5.41) is 3.40. The first-order chi connectivity index (χ1) is 14.3. The van der Waals surface area contributed by atoms with Gasteiger partial charge in [0.05, 0.1) is 16.8 Å². The first-order valence-corrected chi connectivity index (χ1v) is 9.85. The van der Waals surface area contributed by atoms with Crippen LogP contribution < -0.4 is 10.2 Å². The Labute approximate surface area is 179 Å². The highest BCUT2D eigenvalue weighted by Crippen LogP contribution is 2.31. The molecule has 3 aromatic rings. The molecule has 0 aromatic heterocycles. The van der Waals surface area contributed by atoms with Gasteiger partial charge in [0.25, 0.3) is 17.7 Å². The number of nitrogens with zero attached hydrogens (tertiary/aromatic N) is 1. The van der Waals surface area contributed by atoms with Gasteiger partial charge in [-0.1, -0.05) is 35.9 Å². The molecule has 0 unspecified atom stereocenters. The summed E-state index contributed by atoms with van der Waals surface area (Å²) in [6.07, 6.45) is 0. The van der Waals surface area contributed by atoms with Crippen molar-refractivity contribution in [3.05, 3.63) is 99.1 Å². The van der Waals surface area contributed by atoms with Gasteiger partial charge in [0.1, 0.15) is 0 Å². The monoisotopic (exact) mass is 418 g/mol. The number of nitrogens with one attached hydrogen (secondary N) is 1. The predicted octanol–water partition coefficient (Wildman–Crippen LogP) is 4.69. The standard InChI is InChI=1S/C24H19ClN2O3/c1-14-6-7-15(2)21(10-14)27-23(29)19-9-8-17(12-20(19)24(27)30)22(28)26-13-16-4-3-5-18(25)11-16/h3-12H,13H2,1-2H3,(H,26,28). The molecule has 0 bridgehead atoms. The first kappa shape index (κ1) is 19.9. The summed E-state index contributed by atoms with van der Waals surface area (Å²) in [4.78, 5) is 39.7. The number of hydrogen-bond acceptors (Lipinski definition) is 3. The molecule has 150 valence electrons. The normalized spacial score (nSPS) is 12.8. The Morgan fingerprint density at radius 1 is 0.933 bits per heavy atom. The molecule has 6 heteroatoms. The van der Waals surface area contributed by atoms with Crippen LogP contribution in [0.2, 0.25) is 5.02 Å². The number of benzene rings is 3. The molecule has 0 spiro atoms. The second-order valence-corrected chi connectivity index (χ2v) is 7.75. The van der Waals surface area contributed by atoms with Crippen LogP contribution in [0.25, 0.3) is 0 Å². The average Bonchev–Trinajstić information content (AvgIpc) is 2.98. The third kappa shape index (κ3) is 3.60. The van der Waals surface area contributed by atoms with Crippen LogP contribution in [0.5, 0.6) is 0 Å². The van der Waals surface area contributed by atoms with Gasteiger partial charge >= 0.3 is 0 Å². The van der Waals surface area contributed by atoms with Crippen molar-refractivity contribution < 1.29 is 14.4 Å². The summed E-state index contributed by atoms with van der Waals surface area (Å²) < 4.78 is 0. The van der Waals surface area contributed by atoms with E-state index in [2.05, 4.69) is 5.32 Å². The van der Waals surface area contributed by atoms with Gasteiger partial charge in [0, 0.05) is 17.1 Å². The number of amides is 3. The molecule has 1 heterocycles. The second-order valence-electron chi connectivity index (χ2n) is 7.31.